The topological polar surface area (TPSA) is 57.8 Å². The molecule has 0 atom stereocenters. The number of para-hydroxylation sites is 2. The van der Waals surface area contributed by atoms with Gasteiger partial charge in [0.1, 0.15) is 5.82 Å². The predicted octanol–water partition coefficient (Wildman–Crippen LogP) is 5.25. The summed E-state index contributed by atoms with van der Waals surface area (Å²) in [6.07, 6.45) is 0.121. The molecule has 1 aliphatic rings. The molecule has 0 saturated heterocycles. The molecule has 0 spiro atoms. The molecule has 1 fully saturated rings. The molecule has 1 amide bonds. The highest BCUT2D eigenvalue weighted by Gasteiger charge is 2.30. The largest absolute Gasteiger partial charge is 0.416 e. The molecule has 1 saturated carbocycles. The number of hydrogen-bond acceptors (Lipinski definition) is 2. The van der Waals surface area contributed by atoms with E-state index in [9.17, 15) is 18.0 Å². The maximum absolute atomic E-state index is 12.6. The molecule has 7 heteroatoms. The van der Waals surface area contributed by atoms with Crippen LogP contribution in [0.1, 0.15) is 42.6 Å². The minimum Gasteiger partial charge on any atom is -0.352 e. The van der Waals surface area contributed by atoms with Crippen LogP contribution in [-0.4, -0.2) is 15.9 Å². The summed E-state index contributed by atoms with van der Waals surface area (Å²) in [4.78, 5) is 20.5. The van der Waals surface area contributed by atoms with Crippen LogP contribution in [0.3, 0.4) is 0 Å². The van der Waals surface area contributed by atoms with E-state index < -0.39 is 11.7 Å². The zero-order valence-electron chi connectivity index (χ0n) is 16.5. The molecule has 3 aromatic rings. The summed E-state index contributed by atoms with van der Waals surface area (Å²) in [7, 11) is 0. The third-order valence-corrected chi connectivity index (χ3v) is 5.89. The lowest BCUT2D eigenvalue weighted by molar-refractivity contribution is -0.137. The minimum atomic E-state index is -4.34. The molecule has 0 unspecified atom stereocenters. The Hall–Kier alpha value is -2.83. The minimum absolute atomic E-state index is 0.0166. The number of aromatic amines is 1. The molecule has 2 N–H and O–H groups in total. The highest BCUT2D eigenvalue weighted by atomic mass is 19.4. The summed E-state index contributed by atoms with van der Waals surface area (Å²) in [6, 6.07) is 12.9. The molecule has 1 aromatic heterocycles. The normalized spacial score (nSPS) is 19.7. The quantitative estimate of drug-likeness (QED) is 0.598. The summed E-state index contributed by atoms with van der Waals surface area (Å²) in [5, 5.41) is 2.87. The number of nitrogens with zero attached hydrogens (tertiary/aromatic N) is 1. The number of carbonyl (C=O) groups excluding carboxylic acids is 1. The van der Waals surface area contributed by atoms with Crippen molar-refractivity contribution in [3.63, 3.8) is 0 Å². The standard InChI is InChI=1S/C23H24F3N3O/c24-23(25,26)18-11-7-16(8-12-18)14-27-22(30)17-9-5-15(6-10-17)13-21-28-19-3-1-2-4-20(19)29-21/h1-4,7-8,11-12,15,17H,5-6,9-10,13-14H2,(H,27,30)(H,28,29). The van der Waals surface area contributed by atoms with Gasteiger partial charge in [0, 0.05) is 18.9 Å². The Kier molecular flexibility index (Phi) is 5.79. The smallest absolute Gasteiger partial charge is 0.352 e. The van der Waals surface area contributed by atoms with Crippen LogP contribution < -0.4 is 5.32 Å². The lowest BCUT2D eigenvalue weighted by Crippen LogP contribution is -2.33. The molecule has 4 rings (SSSR count). The number of H-pyrrole nitrogens is 1. The number of nitrogens with one attached hydrogen (secondary N) is 2. The molecule has 158 valence electrons. The third-order valence-electron chi connectivity index (χ3n) is 5.89. The van der Waals surface area contributed by atoms with Gasteiger partial charge in [-0.25, -0.2) is 4.98 Å². The van der Waals surface area contributed by atoms with Crippen molar-refractivity contribution in [1.82, 2.24) is 15.3 Å². The highest BCUT2D eigenvalue weighted by Crippen LogP contribution is 2.31. The number of hydrogen-bond donors (Lipinski definition) is 2. The van der Waals surface area contributed by atoms with Crippen molar-refractivity contribution in [1.29, 1.82) is 0 Å². The van der Waals surface area contributed by atoms with Gasteiger partial charge >= 0.3 is 6.18 Å². The lowest BCUT2D eigenvalue weighted by Gasteiger charge is -2.27. The molecule has 30 heavy (non-hydrogen) atoms. The number of halogens is 3. The second-order valence-corrected chi connectivity index (χ2v) is 8.03. The fraction of sp³-hybridized carbons (Fsp3) is 0.391. The van der Waals surface area contributed by atoms with Gasteiger partial charge in [0.15, 0.2) is 0 Å². The van der Waals surface area contributed by atoms with Crippen LogP contribution >= 0.6 is 0 Å². The van der Waals surface area contributed by atoms with E-state index in [0.29, 0.717) is 11.5 Å². The average Bonchev–Trinajstić information content (AvgIpc) is 3.14. The van der Waals surface area contributed by atoms with Gasteiger partial charge in [-0.3, -0.25) is 4.79 Å². The van der Waals surface area contributed by atoms with Gasteiger partial charge in [-0.05, 0) is 61.4 Å². The predicted molar refractivity (Wildman–Crippen MR) is 109 cm³/mol. The maximum Gasteiger partial charge on any atom is 0.416 e. The number of benzene rings is 2. The molecular weight excluding hydrogens is 391 g/mol. The Labute approximate surface area is 172 Å². The molecule has 0 aliphatic heterocycles. The van der Waals surface area contributed by atoms with E-state index in [1.54, 1.807) is 0 Å². The Morgan fingerprint density at radius 3 is 2.40 bits per heavy atom. The second-order valence-electron chi connectivity index (χ2n) is 8.03. The van der Waals surface area contributed by atoms with Gasteiger partial charge in [-0.1, -0.05) is 24.3 Å². The van der Waals surface area contributed by atoms with Gasteiger partial charge in [0.05, 0.1) is 16.6 Å². The maximum atomic E-state index is 12.6. The van der Waals surface area contributed by atoms with Crippen LogP contribution in [0.2, 0.25) is 0 Å². The van der Waals surface area contributed by atoms with Crippen molar-refractivity contribution in [2.45, 2.75) is 44.8 Å². The lowest BCUT2D eigenvalue weighted by atomic mass is 9.80. The second kappa shape index (κ2) is 8.50. The monoisotopic (exact) mass is 415 g/mol. The molecule has 4 nitrogen and oxygen atoms in total. The first kappa shape index (κ1) is 20.4. The van der Waals surface area contributed by atoms with Gasteiger partial charge in [-0.15, -0.1) is 0 Å². The van der Waals surface area contributed by atoms with Gasteiger partial charge in [0.2, 0.25) is 5.91 Å². The zero-order valence-corrected chi connectivity index (χ0v) is 16.5. The molecule has 0 bridgehead atoms. The number of imidazole rings is 1. The Morgan fingerprint density at radius 1 is 1.03 bits per heavy atom. The van der Waals surface area contributed by atoms with E-state index in [0.717, 1.165) is 61.1 Å². The van der Waals surface area contributed by atoms with Crippen molar-refractivity contribution >= 4 is 16.9 Å². The van der Waals surface area contributed by atoms with E-state index in [1.165, 1.54) is 12.1 Å². The Balaban J connectivity index is 1.24. The number of fused-ring (bicyclic) bond motifs is 1. The first-order chi connectivity index (χ1) is 14.4. The van der Waals surface area contributed by atoms with Crippen LogP contribution in [0.15, 0.2) is 48.5 Å². The van der Waals surface area contributed by atoms with Gasteiger partial charge < -0.3 is 10.3 Å². The van der Waals surface area contributed by atoms with Crippen LogP contribution in [0.5, 0.6) is 0 Å². The molecule has 0 radical (unpaired) electrons. The SMILES string of the molecule is O=C(NCc1ccc(C(F)(F)F)cc1)C1CCC(Cc2nc3ccccc3[nH]2)CC1. The Bertz CT molecular complexity index is 969. The number of aromatic nitrogens is 2. The van der Waals surface area contributed by atoms with Crippen molar-refractivity contribution in [2.24, 2.45) is 11.8 Å². The van der Waals surface area contributed by atoms with Crippen LogP contribution in [-0.2, 0) is 23.9 Å². The number of carbonyl (C=O) groups is 1. The molecule has 2 aromatic carbocycles. The van der Waals surface area contributed by atoms with E-state index >= 15 is 0 Å². The number of amides is 1. The van der Waals surface area contributed by atoms with E-state index in [-0.39, 0.29) is 18.4 Å². The first-order valence-electron chi connectivity index (χ1n) is 10.3. The fourth-order valence-electron chi connectivity index (χ4n) is 4.15. The van der Waals surface area contributed by atoms with E-state index in [1.807, 2.05) is 24.3 Å². The molecular formula is C23H24F3N3O. The molecule has 1 aliphatic carbocycles. The number of rotatable bonds is 5. The zero-order chi connectivity index (χ0) is 21.1. The third kappa shape index (κ3) is 4.83. The number of alkyl halides is 3. The molecule has 1 heterocycles. The van der Waals surface area contributed by atoms with Crippen molar-refractivity contribution in [3.05, 3.63) is 65.5 Å². The van der Waals surface area contributed by atoms with Crippen LogP contribution in [0.25, 0.3) is 11.0 Å². The van der Waals surface area contributed by atoms with Crippen molar-refractivity contribution in [2.75, 3.05) is 0 Å². The van der Waals surface area contributed by atoms with Gasteiger partial charge in [-0.2, -0.15) is 13.2 Å². The van der Waals surface area contributed by atoms with Crippen LogP contribution in [0.4, 0.5) is 13.2 Å². The Morgan fingerprint density at radius 2 is 1.73 bits per heavy atom. The van der Waals surface area contributed by atoms with E-state index in [2.05, 4.69) is 15.3 Å². The summed E-state index contributed by atoms with van der Waals surface area (Å²) >= 11 is 0. The highest BCUT2D eigenvalue weighted by molar-refractivity contribution is 5.78. The summed E-state index contributed by atoms with van der Waals surface area (Å²) in [5.74, 6) is 1.44. The van der Waals surface area contributed by atoms with Crippen molar-refractivity contribution < 1.29 is 18.0 Å². The van der Waals surface area contributed by atoms with Gasteiger partial charge in [0.25, 0.3) is 0 Å². The summed E-state index contributed by atoms with van der Waals surface area (Å²) in [5.41, 5.74) is 2.00. The van der Waals surface area contributed by atoms with Crippen molar-refractivity contribution in [3.8, 4) is 0 Å². The summed E-state index contributed by atoms with van der Waals surface area (Å²) < 4.78 is 37.9. The van der Waals surface area contributed by atoms with E-state index in [4.69, 9.17) is 0 Å². The first-order valence-corrected chi connectivity index (χ1v) is 10.3. The average molecular weight is 415 g/mol. The summed E-state index contributed by atoms with van der Waals surface area (Å²) in [6.45, 7) is 0.246. The van der Waals surface area contributed by atoms with Crippen LogP contribution in [0, 0.1) is 11.8 Å². The fourth-order valence-corrected chi connectivity index (χ4v) is 4.15.